The van der Waals surface area contributed by atoms with E-state index in [4.69, 9.17) is 5.10 Å². The molecule has 0 radical (unpaired) electrons. The highest BCUT2D eigenvalue weighted by molar-refractivity contribution is 5.99. The minimum atomic E-state index is -0.134. The van der Waals surface area contributed by atoms with Crippen molar-refractivity contribution >= 4 is 5.91 Å². The Labute approximate surface area is 176 Å². The lowest BCUT2D eigenvalue weighted by atomic mass is 9.96. The lowest BCUT2D eigenvalue weighted by Crippen LogP contribution is -2.28. The number of hydrogen-bond donors (Lipinski definition) is 1. The molecule has 0 saturated heterocycles. The van der Waals surface area contributed by atoms with Gasteiger partial charge in [-0.15, -0.1) is 0 Å². The van der Waals surface area contributed by atoms with Gasteiger partial charge in [-0.25, -0.2) is 4.68 Å². The molecule has 1 N–H and O–H groups in total. The largest absolute Gasteiger partial charge is 0.351 e. The van der Waals surface area contributed by atoms with E-state index in [1.165, 1.54) is 5.56 Å². The van der Waals surface area contributed by atoms with Crippen LogP contribution in [0.2, 0.25) is 0 Å². The van der Waals surface area contributed by atoms with E-state index in [1.54, 1.807) is 23.3 Å². The van der Waals surface area contributed by atoms with Crippen LogP contribution in [0.3, 0.4) is 0 Å². The van der Waals surface area contributed by atoms with E-state index in [0.29, 0.717) is 17.8 Å². The van der Waals surface area contributed by atoms with Crippen molar-refractivity contribution in [3.8, 4) is 16.9 Å². The number of pyridine rings is 1. The summed E-state index contributed by atoms with van der Waals surface area (Å²) in [5.41, 5.74) is 4.10. The van der Waals surface area contributed by atoms with Crippen LogP contribution < -0.4 is 5.32 Å². The minimum absolute atomic E-state index is 0.134. The molecule has 1 atom stereocenters. The van der Waals surface area contributed by atoms with Crippen molar-refractivity contribution < 1.29 is 4.79 Å². The van der Waals surface area contributed by atoms with Gasteiger partial charge in [0.1, 0.15) is 5.69 Å². The number of hydrogen-bond acceptors (Lipinski definition) is 3. The van der Waals surface area contributed by atoms with Gasteiger partial charge in [0, 0.05) is 36.6 Å². The molecular formula is C25H24N4O. The van der Waals surface area contributed by atoms with E-state index in [0.717, 1.165) is 17.7 Å². The minimum Gasteiger partial charge on any atom is -0.351 e. The Morgan fingerprint density at radius 1 is 1.00 bits per heavy atom. The summed E-state index contributed by atoms with van der Waals surface area (Å²) in [6.45, 7) is 2.71. The number of aromatic nitrogens is 3. The second-order valence-electron chi connectivity index (χ2n) is 7.14. The lowest BCUT2D eigenvalue weighted by Gasteiger charge is -2.16. The summed E-state index contributed by atoms with van der Waals surface area (Å²) in [7, 11) is 0. The fourth-order valence-corrected chi connectivity index (χ4v) is 3.50. The third-order valence-electron chi connectivity index (χ3n) is 5.19. The molecule has 2 heterocycles. The standard InChI is InChI=1S/C25H24N4O/c1-2-19(20-10-5-3-6-11-20)17-27-25(30)23-18-29(22-13-7-4-8-14-22)28-24(23)21-12-9-15-26-16-21/h3-16,18-19H,2,17H2,1H3,(H,27,30)/t19-/m0/s1. The van der Waals surface area contributed by atoms with Gasteiger partial charge in [0.25, 0.3) is 5.91 Å². The summed E-state index contributed by atoms with van der Waals surface area (Å²) in [5, 5.41) is 7.80. The smallest absolute Gasteiger partial charge is 0.255 e. The van der Waals surface area contributed by atoms with E-state index in [2.05, 4.69) is 29.4 Å². The fourth-order valence-electron chi connectivity index (χ4n) is 3.50. The average molecular weight is 396 g/mol. The van der Waals surface area contributed by atoms with Gasteiger partial charge < -0.3 is 5.32 Å². The maximum Gasteiger partial charge on any atom is 0.255 e. The maximum atomic E-state index is 13.2. The maximum absolute atomic E-state index is 13.2. The summed E-state index contributed by atoms with van der Waals surface area (Å²) in [4.78, 5) is 17.3. The molecule has 5 heteroatoms. The van der Waals surface area contributed by atoms with Gasteiger partial charge in [0.05, 0.1) is 11.3 Å². The second kappa shape index (κ2) is 9.18. The van der Waals surface area contributed by atoms with Crippen LogP contribution in [0.5, 0.6) is 0 Å². The van der Waals surface area contributed by atoms with E-state index in [9.17, 15) is 4.79 Å². The molecule has 0 unspecified atom stereocenters. The highest BCUT2D eigenvalue weighted by Crippen LogP contribution is 2.24. The molecule has 0 bridgehead atoms. The van der Waals surface area contributed by atoms with Crippen molar-refractivity contribution in [2.45, 2.75) is 19.3 Å². The number of rotatable bonds is 7. The summed E-state index contributed by atoms with van der Waals surface area (Å²) in [6.07, 6.45) is 6.18. The van der Waals surface area contributed by atoms with Crippen molar-refractivity contribution in [2.75, 3.05) is 6.54 Å². The third-order valence-corrected chi connectivity index (χ3v) is 5.19. The molecule has 5 nitrogen and oxygen atoms in total. The van der Waals surface area contributed by atoms with Crippen LogP contribution in [0.25, 0.3) is 16.9 Å². The van der Waals surface area contributed by atoms with Gasteiger partial charge >= 0.3 is 0 Å². The molecule has 0 spiro atoms. The van der Waals surface area contributed by atoms with Crippen LogP contribution in [-0.2, 0) is 0 Å². The van der Waals surface area contributed by atoms with Crippen molar-refractivity contribution in [2.24, 2.45) is 0 Å². The quantitative estimate of drug-likeness (QED) is 0.485. The van der Waals surface area contributed by atoms with Crippen LogP contribution in [0, 0.1) is 0 Å². The summed E-state index contributed by atoms with van der Waals surface area (Å²) in [5.74, 6) is 0.131. The van der Waals surface area contributed by atoms with Gasteiger partial charge in [-0.3, -0.25) is 9.78 Å². The third kappa shape index (κ3) is 4.30. The summed E-state index contributed by atoms with van der Waals surface area (Å²) in [6, 6.07) is 23.8. The summed E-state index contributed by atoms with van der Waals surface area (Å²) < 4.78 is 1.74. The molecule has 0 aliphatic rings. The normalized spacial score (nSPS) is 11.8. The van der Waals surface area contributed by atoms with Crippen LogP contribution in [0.1, 0.15) is 35.2 Å². The summed E-state index contributed by atoms with van der Waals surface area (Å²) >= 11 is 0. The van der Waals surface area contributed by atoms with Gasteiger partial charge in [0.2, 0.25) is 0 Å². The Kier molecular flexibility index (Phi) is 5.99. The van der Waals surface area contributed by atoms with Crippen LogP contribution >= 0.6 is 0 Å². The van der Waals surface area contributed by atoms with E-state index in [1.807, 2.05) is 60.7 Å². The zero-order valence-corrected chi connectivity index (χ0v) is 16.9. The van der Waals surface area contributed by atoms with Crippen molar-refractivity contribution in [3.05, 3.63) is 103 Å². The Morgan fingerprint density at radius 3 is 2.40 bits per heavy atom. The average Bonchev–Trinajstić information content (AvgIpc) is 3.27. The van der Waals surface area contributed by atoms with Gasteiger partial charge in [-0.1, -0.05) is 55.5 Å². The van der Waals surface area contributed by atoms with Crippen molar-refractivity contribution in [3.63, 3.8) is 0 Å². The first-order chi connectivity index (χ1) is 14.8. The predicted molar refractivity (Wildman–Crippen MR) is 119 cm³/mol. The first-order valence-electron chi connectivity index (χ1n) is 10.1. The Balaban J connectivity index is 1.62. The molecule has 30 heavy (non-hydrogen) atoms. The molecule has 0 fully saturated rings. The molecule has 1 amide bonds. The lowest BCUT2D eigenvalue weighted by molar-refractivity contribution is 0.0951. The SMILES string of the molecule is CC[C@@H](CNC(=O)c1cn(-c2ccccc2)nc1-c1cccnc1)c1ccccc1. The van der Waals surface area contributed by atoms with E-state index < -0.39 is 0 Å². The Bertz CT molecular complexity index is 1090. The van der Waals surface area contributed by atoms with E-state index >= 15 is 0 Å². The molecule has 4 aromatic rings. The van der Waals surface area contributed by atoms with Gasteiger partial charge in [-0.2, -0.15) is 5.10 Å². The molecule has 150 valence electrons. The predicted octanol–water partition coefficient (Wildman–Crippen LogP) is 4.86. The highest BCUT2D eigenvalue weighted by atomic mass is 16.1. The van der Waals surface area contributed by atoms with Crippen LogP contribution in [-0.4, -0.2) is 27.2 Å². The van der Waals surface area contributed by atoms with E-state index in [-0.39, 0.29) is 11.8 Å². The monoisotopic (exact) mass is 396 g/mol. The van der Waals surface area contributed by atoms with Gasteiger partial charge in [0.15, 0.2) is 0 Å². The highest BCUT2D eigenvalue weighted by Gasteiger charge is 2.20. The topological polar surface area (TPSA) is 59.8 Å². The number of carbonyl (C=O) groups is 1. The number of para-hydroxylation sites is 1. The van der Waals surface area contributed by atoms with Crippen LogP contribution in [0.4, 0.5) is 0 Å². The van der Waals surface area contributed by atoms with Crippen molar-refractivity contribution in [1.29, 1.82) is 0 Å². The second-order valence-corrected chi connectivity index (χ2v) is 7.14. The molecule has 0 aliphatic carbocycles. The number of amides is 1. The molecule has 2 aromatic carbocycles. The van der Waals surface area contributed by atoms with Crippen LogP contribution in [0.15, 0.2) is 91.4 Å². The fraction of sp³-hybridized carbons (Fsp3) is 0.160. The van der Waals surface area contributed by atoms with Gasteiger partial charge in [-0.05, 0) is 36.2 Å². The zero-order valence-electron chi connectivity index (χ0n) is 16.9. The first kappa shape index (κ1) is 19.6. The molecule has 0 saturated carbocycles. The number of carbonyl (C=O) groups excluding carboxylic acids is 1. The molecular weight excluding hydrogens is 372 g/mol. The molecule has 0 aliphatic heterocycles. The number of benzene rings is 2. The van der Waals surface area contributed by atoms with Crippen molar-refractivity contribution in [1.82, 2.24) is 20.1 Å². The first-order valence-corrected chi connectivity index (χ1v) is 10.1. The Morgan fingerprint density at radius 2 is 1.73 bits per heavy atom. The number of nitrogens with one attached hydrogen (secondary N) is 1. The molecule has 2 aromatic heterocycles. The Hall–Kier alpha value is -3.73. The molecule has 4 rings (SSSR count). The number of nitrogens with zero attached hydrogens (tertiary/aromatic N) is 3. The zero-order chi connectivity index (χ0) is 20.8.